The van der Waals surface area contributed by atoms with Crippen LogP contribution >= 0.6 is 0 Å². The van der Waals surface area contributed by atoms with Crippen LogP contribution in [0, 0.1) is 0 Å². The van der Waals surface area contributed by atoms with E-state index in [1.54, 1.807) is 0 Å². The van der Waals surface area contributed by atoms with E-state index in [4.69, 9.17) is 67.3 Å². The summed E-state index contributed by atoms with van der Waals surface area (Å²) in [6, 6.07) is 29.3. The molecule has 0 atom stereocenters. The minimum absolute atomic E-state index is 0.160. The van der Waals surface area contributed by atoms with Gasteiger partial charge in [-0.15, -0.1) is 0 Å². The maximum Gasteiger partial charge on any atom is 0.243 e. The zero-order chi connectivity index (χ0) is 73.3. The molecule has 15 rings (SSSR count). The molecule has 0 unspecified atom stereocenters. The fourth-order valence-electron chi connectivity index (χ4n) is 14.0. The summed E-state index contributed by atoms with van der Waals surface area (Å²) in [4.78, 5) is 11.8. The molecule has 0 spiro atoms. The van der Waals surface area contributed by atoms with E-state index in [1.165, 1.54) is 0 Å². The molecule has 10 heterocycles. The Morgan fingerprint density at radius 2 is 0.705 bits per heavy atom. The number of morpholine rings is 1. The molecule has 6 aliphatic rings. The number of ether oxygens (including phenoxy) is 6. The molecule has 5 aromatic carbocycles. The molecule has 105 heavy (non-hydrogen) atoms. The number of fused-ring (bicyclic) bond motifs is 5. The van der Waals surface area contributed by atoms with Crippen LogP contribution < -0.4 is 95.1 Å². The van der Waals surface area contributed by atoms with Gasteiger partial charge < -0.3 is 101 Å². The van der Waals surface area contributed by atoms with Crippen LogP contribution in [0.1, 0.15) is 19.3 Å². The molecule has 13 N–H and O–H groups in total. The highest BCUT2D eigenvalue weighted by Gasteiger charge is 2.31. The Balaban J connectivity index is 0.000000131. The highest BCUT2D eigenvalue weighted by Crippen LogP contribution is 2.38. The number of hydrogen-bond donors (Lipinski definition) is 8. The van der Waals surface area contributed by atoms with Gasteiger partial charge in [0.1, 0.15) is 157 Å². The third kappa shape index (κ3) is 21.9. The average Bonchev–Trinajstić information content (AvgIpc) is 1.73. The van der Waals surface area contributed by atoms with Crippen molar-refractivity contribution in [3.05, 3.63) is 166 Å². The predicted octanol–water partition coefficient (Wildman–Crippen LogP) is 3.56. The number of aryl methyl sites for hydroxylation is 4. The van der Waals surface area contributed by atoms with E-state index in [0.29, 0.717) is 32.9 Å². The fraction of sp³-hybridized carbons (Fsp3) is 0.455. The van der Waals surface area contributed by atoms with Crippen LogP contribution in [0.3, 0.4) is 0 Å². The van der Waals surface area contributed by atoms with Crippen LogP contribution in [-0.4, -0.2) is 196 Å². The lowest BCUT2D eigenvalue weighted by atomic mass is 10.2. The quantitative estimate of drug-likeness (QED) is 0.0244. The van der Waals surface area contributed by atoms with Crippen molar-refractivity contribution in [3.63, 3.8) is 0 Å². The van der Waals surface area contributed by atoms with Gasteiger partial charge in [-0.3, -0.25) is 0 Å². The molecule has 564 valence electrons. The molecule has 0 radical (unpaired) electrons. The van der Waals surface area contributed by atoms with Crippen molar-refractivity contribution in [3.8, 4) is 28.7 Å². The standard InChI is InChI=1S/C17H28N3O3.C16H23N4O2.C15H21N4O2.C15H21N4O.C14H19N4O/c18-15-2-3-16-17(14-15)23-11-5-19(16)4-1-6-20(7-10-21)8-12-22-13-9-20;17-14-2-3-15-16(12-14)22-11-9-20(15)5-1-4-18-6-7-19(13-18)8-10-21;16-13-1-2-14-15(11-13)21-10-8-19(14)6-5-17-3-4-18(12-17)7-9-20;1-17-7-8-18(12-17)5-2-6-19-9-10-20-15-11-13(16)3-4-14(15)19;1-16-4-5-17(11-16)6-7-18-8-9-19-14-10-12(15)2-3-13(14)18/h2-3,14,21H,1,4-13,18H2;2-3,6-7,12-13,21H,1,4-5,8-11,17H2;1-4,11-12,20H,5-10,16H2;3-4,7-8,11-12H,2,5-6,9-10,16H2,1H3;2-5,10-11H,6-9,15H2,1H3/q5*+1. The van der Waals surface area contributed by atoms with Crippen molar-refractivity contribution >= 4 is 56.9 Å². The summed E-state index contributed by atoms with van der Waals surface area (Å²) >= 11 is 0. The summed E-state index contributed by atoms with van der Waals surface area (Å²) in [5.41, 5.74) is 38.4. The number of aromatic nitrogens is 8. The molecule has 28 heteroatoms. The Hall–Kier alpha value is -10.3. The number of nitrogens with zero attached hydrogens (tertiary/aromatic N) is 14. The number of aliphatic hydroxyl groups is 3. The van der Waals surface area contributed by atoms with Crippen molar-refractivity contribution in [1.29, 1.82) is 0 Å². The van der Waals surface area contributed by atoms with Crippen molar-refractivity contribution in [2.75, 3.05) is 211 Å². The van der Waals surface area contributed by atoms with Gasteiger partial charge in [0.2, 0.25) is 25.3 Å². The molecule has 0 bridgehead atoms. The van der Waals surface area contributed by atoms with E-state index in [-0.39, 0.29) is 19.8 Å². The van der Waals surface area contributed by atoms with Crippen LogP contribution in [0.2, 0.25) is 0 Å². The summed E-state index contributed by atoms with van der Waals surface area (Å²) in [5.74, 6) is 4.44. The van der Waals surface area contributed by atoms with Crippen molar-refractivity contribution < 1.29 is 66.5 Å². The minimum Gasteiger partial charge on any atom is -0.489 e. The smallest absolute Gasteiger partial charge is 0.243 e. The number of nitrogens with two attached hydrogens (primary N) is 5. The highest BCUT2D eigenvalue weighted by atomic mass is 16.5. The molecular weight excluding hydrogens is 1330 g/mol. The van der Waals surface area contributed by atoms with E-state index in [2.05, 4.69) is 90.7 Å². The van der Waals surface area contributed by atoms with E-state index in [1.807, 2.05) is 150 Å². The molecule has 1 fully saturated rings. The lowest BCUT2D eigenvalue weighted by Crippen LogP contribution is -2.57. The number of quaternary nitrogens is 1. The normalized spacial score (nSPS) is 15.2. The lowest BCUT2D eigenvalue weighted by Gasteiger charge is -2.41. The first-order valence-corrected chi connectivity index (χ1v) is 36.9. The first-order chi connectivity index (χ1) is 51.2. The number of anilines is 10. The molecule has 6 aliphatic heterocycles. The number of aliphatic hydroxyl groups excluding tert-OH is 3. The first kappa shape index (κ1) is 75.9. The molecular formula is C77H112N19O9+5. The van der Waals surface area contributed by atoms with Crippen molar-refractivity contribution in [1.82, 2.24) is 18.3 Å². The van der Waals surface area contributed by atoms with Gasteiger partial charge in [0.25, 0.3) is 0 Å². The summed E-state index contributed by atoms with van der Waals surface area (Å²) < 4.78 is 51.6. The molecule has 9 aromatic rings. The minimum atomic E-state index is 0.160. The lowest BCUT2D eigenvalue weighted by molar-refractivity contribution is -0.935. The van der Waals surface area contributed by atoms with Gasteiger partial charge in [-0.2, -0.15) is 0 Å². The number of benzene rings is 5. The van der Waals surface area contributed by atoms with Crippen LogP contribution in [-0.2, 0) is 58.1 Å². The Bertz CT molecular complexity index is 4130. The van der Waals surface area contributed by atoms with E-state index in [0.717, 1.165) is 254 Å². The van der Waals surface area contributed by atoms with Gasteiger partial charge in [-0.25, -0.2) is 36.5 Å². The van der Waals surface area contributed by atoms with Gasteiger partial charge in [-0.05, 0) is 60.7 Å². The molecule has 1 saturated heterocycles. The number of imidazole rings is 4. The fourth-order valence-corrected chi connectivity index (χ4v) is 14.0. The van der Waals surface area contributed by atoms with Crippen molar-refractivity contribution in [2.24, 2.45) is 14.1 Å². The van der Waals surface area contributed by atoms with Crippen LogP contribution in [0.25, 0.3) is 0 Å². The second-order valence-corrected chi connectivity index (χ2v) is 27.3. The van der Waals surface area contributed by atoms with Crippen LogP contribution in [0.4, 0.5) is 56.9 Å². The Kier molecular flexibility index (Phi) is 27.4. The maximum absolute atomic E-state index is 9.39. The van der Waals surface area contributed by atoms with Gasteiger partial charge in [0.15, 0.2) is 0 Å². The zero-order valence-electron chi connectivity index (χ0n) is 61.4. The zero-order valence-corrected chi connectivity index (χ0v) is 61.4. The topological polar surface area (TPSA) is 298 Å². The number of rotatable bonds is 24. The molecule has 0 saturated carbocycles. The van der Waals surface area contributed by atoms with Gasteiger partial charge >= 0.3 is 0 Å². The molecule has 4 aromatic heterocycles. The second kappa shape index (κ2) is 38.0. The van der Waals surface area contributed by atoms with E-state index < -0.39 is 0 Å². The van der Waals surface area contributed by atoms with Crippen molar-refractivity contribution in [2.45, 2.75) is 58.5 Å². The monoisotopic (exact) mass is 1450 g/mol. The summed E-state index contributed by atoms with van der Waals surface area (Å²) in [5, 5.41) is 27.3. The van der Waals surface area contributed by atoms with Gasteiger partial charge in [-0.1, -0.05) is 0 Å². The Labute approximate surface area is 617 Å². The summed E-state index contributed by atoms with van der Waals surface area (Å²) in [6.45, 7) is 24.3. The van der Waals surface area contributed by atoms with Gasteiger partial charge in [0, 0.05) is 97.7 Å². The third-order valence-electron chi connectivity index (χ3n) is 19.6. The Morgan fingerprint density at radius 3 is 1.09 bits per heavy atom. The molecule has 0 amide bonds. The number of nitrogen functional groups attached to an aromatic ring is 5. The first-order valence-electron chi connectivity index (χ1n) is 36.9. The van der Waals surface area contributed by atoms with E-state index >= 15 is 0 Å². The maximum atomic E-state index is 9.39. The highest BCUT2D eigenvalue weighted by molar-refractivity contribution is 5.68. The van der Waals surface area contributed by atoms with Crippen LogP contribution in [0.15, 0.2) is 166 Å². The second-order valence-electron chi connectivity index (χ2n) is 27.3. The average molecular weight is 1450 g/mol. The summed E-state index contributed by atoms with van der Waals surface area (Å²) in [6.07, 6.45) is 27.8. The van der Waals surface area contributed by atoms with E-state index in [9.17, 15) is 5.11 Å². The largest absolute Gasteiger partial charge is 0.489 e. The number of hydrogen-bond acceptors (Lipinski definition) is 19. The van der Waals surface area contributed by atoms with Gasteiger partial charge in [0.05, 0.1) is 141 Å². The molecule has 28 nitrogen and oxygen atoms in total. The SMILES string of the molecule is C[n+]1ccn(CCCN2CCOc3cc(N)ccc32)c1.C[n+]1ccn(CCN2CCOc3cc(N)ccc32)c1.Nc1ccc2c(c1)OCCN2CCC[N+]1(CCO)CCOCC1.Nc1ccc2c(c1)OCCN2CCC[n+]1ccn(CCO)c1.Nc1ccc2c(c1)OCCN2CCn1cc[n+](CCO)c1. The summed E-state index contributed by atoms with van der Waals surface area (Å²) in [7, 11) is 4.07. The molecule has 0 aliphatic carbocycles. The Morgan fingerprint density at radius 1 is 0.352 bits per heavy atom. The van der Waals surface area contributed by atoms with Crippen LogP contribution in [0.5, 0.6) is 28.7 Å². The third-order valence-corrected chi connectivity index (χ3v) is 19.6. The predicted molar refractivity (Wildman–Crippen MR) is 409 cm³/mol.